The van der Waals surface area contributed by atoms with E-state index in [-0.39, 0.29) is 11.5 Å². The Morgan fingerprint density at radius 3 is 2.57 bits per heavy atom. The number of amides is 1. The molecule has 1 saturated heterocycles. The molecule has 0 unspecified atom stereocenters. The number of carbonyl (C=O) groups excluding carboxylic acids is 1. The normalized spacial score (nSPS) is 20.6. The van der Waals surface area contributed by atoms with Crippen LogP contribution in [0.1, 0.15) is 47.0 Å². The fraction of sp³-hybridized carbons (Fsp3) is 0.550. The van der Waals surface area contributed by atoms with Crippen LogP contribution in [0.4, 0.5) is 4.79 Å². The number of likely N-dealkylation sites (tertiary alicyclic amines) is 1. The first-order valence-electron chi connectivity index (χ1n) is 8.46. The average molecular weight is 315 g/mol. The van der Waals surface area contributed by atoms with Gasteiger partial charge >= 0.3 is 6.09 Å². The SMILES string of the molecule is C=CC1=C(C/C=C\C)C=CC12CCN(C(=O)OC(C)(C)C)CC2. The second kappa shape index (κ2) is 6.77. The van der Waals surface area contributed by atoms with Crippen LogP contribution in [-0.2, 0) is 4.74 Å². The zero-order valence-corrected chi connectivity index (χ0v) is 14.9. The van der Waals surface area contributed by atoms with Gasteiger partial charge in [0.1, 0.15) is 5.60 Å². The summed E-state index contributed by atoms with van der Waals surface area (Å²) >= 11 is 0. The van der Waals surface area contributed by atoms with Crippen molar-refractivity contribution in [3.8, 4) is 0 Å². The molecule has 0 atom stereocenters. The number of ether oxygens (including phenoxy) is 1. The van der Waals surface area contributed by atoms with Gasteiger partial charge in [-0.3, -0.25) is 0 Å². The van der Waals surface area contributed by atoms with E-state index in [0.29, 0.717) is 0 Å². The molecule has 126 valence electrons. The van der Waals surface area contributed by atoms with Crippen LogP contribution >= 0.6 is 0 Å². The smallest absolute Gasteiger partial charge is 0.410 e. The zero-order chi connectivity index (χ0) is 17.1. The standard InChI is InChI=1S/C20H29NO2/c1-6-8-9-16-10-11-20(17(16)7-2)12-14-21(15-13-20)18(22)23-19(3,4)5/h6-8,10-11H,2,9,12-15H2,1,3-5H3/b8-6-. The van der Waals surface area contributed by atoms with E-state index in [1.807, 2.05) is 38.7 Å². The van der Waals surface area contributed by atoms with Crippen molar-refractivity contribution < 1.29 is 9.53 Å². The van der Waals surface area contributed by atoms with Gasteiger partial charge in [0.25, 0.3) is 0 Å². The summed E-state index contributed by atoms with van der Waals surface area (Å²) in [5, 5.41) is 0. The summed E-state index contributed by atoms with van der Waals surface area (Å²) in [6.45, 7) is 13.2. The highest BCUT2D eigenvalue weighted by atomic mass is 16.6. The molecule has 2 rings (SSSR count). The molecule has 0 aromatic rings. The molecule has 3 nitrogen and oxygen atoms in total. The molecule has 1 aliphatic heterocycles. The van der Waals surface area contributed by atoms with Crippen LogP contribution in [0.25, 0.3) is 0 Å². The number of allylic oxidation sites excluding steroid dienone is 7. The van der Waals surface area contributed by atoms with Gasteiger partial charge in [0.05, 0.1) is 0 Å². The van der Waals surface area contributed by atoms with Gasteiger partial charge < -0.3 is 9.64 Å². The lowest BCUT2D eigenvalue weighted by Crippen LogP contribution is -2.44. The largest absolute Gasteiger partial charge is 0.444 e. The Morgan fingerprint density at radius 1 is 1.39 bits per heavy atom. The second-order valence-corrected chi connectivity index (χ2v) is 7.37. The maximum Gasteiger partial charge on any atom is 0.410 e. The fourth-order valence-corrected chi connectivity index (χ4v) is 3.37. The van der Waals surface area contributed by atoms with E-state index in [4.69, 9.17) is 4.74 Å². The van der Waals surface area contributed by atoms with E-state index in [2.05, 4.69) is 30.9 Å². The third-order valence-corrected chi connectivity index (χ3v) is 4.57. The summed E-state index contributed by atoms with van der Waals surface area (Å²) in [5.74, 6) is 0. The Hall–Kier alpha value is -1.77. The van der Waals surface area contributed by atoms with Crippen molar-refractivity contribution in [2.75, 3.05) is 13.1 Å². The Bertz CT molecular complexity index is 553. The predicted octanol–water partition coefficient (Wildman–Crippen LogP) is 5.02. The lowest BCUT2D eigenvalue weighted by atomic mass is 9.73. The van der Waals surface area contributed by atoms with Crippen LogP contribution in [0, 0.1) is 5.41 Å². The highest BCUT2D eigenvalue weighted by Crippen LogP contribution is 2.47. The number of hydrogen-bond acceptors (Lipinski definition) is 2. The molecule has 23 heavy (non-hydrogen) atoms. The summed E-state index contributed by atoms with van der Waals surface area (Å²) in [4.78, 5) is 14.0. The number of nitrogens with zero attached hydrogens (tertiary/aromatic N) is 1. The van der Waals surface area contributed by atoms with Crippen molar-refractivity contribution >= 4 is 6.09 Å². The molecule has 1 amide bonds. The summed E-state index contributed by atoms with van der Waals surface area (Å²) in [7, 11) is 0. The molecule has 3 heteroatoms. The Balaban J connectivity index is 2.06. The van der Waals surface area contributed by atoms with Crippen LogP contribution in [-0.4, -0.2) is 29.7 Å². The lowest BCUT2D eigenvalue weighted by molar-refractivity contribution is 0.0167. The molecule has 1 aliphatic carbocycles. The maximum atomic E-state index is 12.2. The van der Waals surface area contributed by atoms with Gasteiger partial charge in [-0.25, -0.2) is 4.79 Å². The first-order chi connectivity index (χ1) is 10.8. The highest BCUT2D eigenvalue weighted by Gasteiger charge is 2.40. The minimum Gasteiger partial charge on any atom is -0.444 e. The number of piperidine rings is 1. The van der Waals surface area contributed by atoms with Crippen LogP contribution in [0.15, 0.2) is 48.1 Å². The van der Waals surface area contributed by atoms with Crippen LogP contribution < -0.4 is 0 Å². The molecule has 1 fully saturated rings. The maximum absolute atomic E-state index is 12.2. The molecule has 0 radical (unpaired) electrons. The number of rotatable bonds is 3. The molecule has 1 spiro atoms. The van der Waals surface area contributed by atoms with Crippen molar-refractivity contribution in [2.45, 2.75) is 52.6 Å². The van der Waals surface area contributed by atoms with Gasteiger partial charge in [-0.05, 0) is 58.1 Å². The first-order valence-corrected chi connectivity index (χ1v) is 8.46. The average Bonchev–Trinajstić information content (AvgIpc) is 2.81. The molecular weight excluding hydrogens is 286 g/mol. The summed E-state index contributed by atoms with van der Waals surface area (Å²) in [6.07, 6.45) is 13.4. The second-order valence-electron chi connectivity index (χ2n) is 7.37. The molecule has 0 aromatic carbocycles. The summed E-state index contributed by atoms with van der Waals surface area (Å²) < 4.78 is 5.48. The summed E-state index contributed by atoms with van der Waals surface area (Å²) in [5.41, 5.74) is 2.30. The summed E-state index contributed by atoms with van der Waals surface area (Å²) in [6, 6.07) is 0. The van der Waals surface area contributed by atoms with E-state index in [9.17, 15) is 4.79 Å². The Kier molecular flexibility index (Phi) is 5.18. The fourth-order valence-electron chi connectivity index (χ4n) is 3.37. The Morgan fingerprint density at radius 2 is 2.04 bits per heavy atom. The third kappa shape index (κ3) is 3.95. The van der Waals surface area contributed by atoms with E-state index < -0.39 is 5.60 Å². The van der Waals surface area contributed by atoms with Gasteiger partial charge in [0.15, 0.2) is 0 Å². The Labute approximate surface area is 140 Å². The van der Waals surface area contributed by atoms with E-state index >= 15 is 0 Å². The van der Waals surface area contributed by atoms with E-state index in [0.717, 1.165) is 32.4 Å². The minimum atomic E-state index is -0.439. The number of hydrogen-bond donors (Lipinski definition) is 0. The lowest BCUT2D eigenvalue weighted by Gasteiger charge is -2.40. The van der Waals surface area contributed by atoms with Gasteiger partial charge in [-0.15, -0.1) is 0 Å². The van der Waals surface area contributed by atoms with Crippen molar-refractivity contribution in [2.24, 2.45) is 5.41 Å². The van der Waals surface area contributed by atoms with Crippen LogP contribution in [0.3, 0.4) is 0 Å². The molecule has 0 saturated carbocycles. The third-order valence-electron chi connectivity index (χ3n) is 4.57. The van der Waals surface area contributed by atoms with Crippen molar-refractivity contribution in [1.29, 1.82) is 0 Å². The van der Waals surface area contributed by atoms with E-state index in [1.54, 1.807) is 0 Å². The minimum absolute atomic E-state index is 0.0528. The van der Waals surface area contributed by atoms with Gasteiger partial charge in [-0.2, -0.15) is 0 Å². The van der Waals surface area contributed by atoms with Gasteiger partial charge in [-0.1, -0.05) is 37.0 Å². The van der Waals surface area contributed by atoms with Crippen LogP contribution in [0.2, 0.25) is 0 Å². The highest BCUT2D eigenvalue weighted by molar-refractivity contribution is 5.68. The van der Waals surface area contributed by atoms with Gasteiger partial charge in [0.2, 0.25) is 0 Å². The molecule has 0 N–H and O–H groups in total. The zero-order valence-electron chi connectivity index (χ0n) is 14.9. The van der Waals surface area contributed by atoms with Gasteiger partial charge in [0, 0.05) is 18.5 Å². The van der Waals surface area contributed by atoms with Crippen molar-refractivity contribution in [3.63, 3.8) is 0 Å². The quantitative estimate of drug-likeness (QED) is 0.684. The van der Waals surface area contributed by atoms with Crippen molar-refractivity contribution in [3.05, 3.63) is 48.1 Å². The molecule has 0 aromatic heterocycles. The topological polar surface area (TPSA) is 29.5 Å². The monoisotopic (exact) mass is 315 g/mol. The molecule has 2 aliphatic rings. The molecular formula is C20H29NO2. The number of carbonyl (C=O) groups is 1. The molecule has 1 heterocycles. The predicted molar refractivity (Wildman–Crippen MR) is 95.3 cm³/mol. The van der Waals surface area contributed by atoms with E-state index in [1.165, 1.54) is 11.1 Å². The first kappa shape index (κ1) is 17.6. The van der Waals surface area contributed by atoms with Crippen LogP contribution in [0.5, 0.6) is 0 Å². The van der Waals surface area contributed by atoms with Crippen molar-refractivity contribution in [1.82, 2.24) is 4.90 Å². The molecule has 0 bridgehead atoms.